The van der Waals surface area contributed by atoms with E-state index in [1.165, 1.54) is 12.4 Å². The average molecular weight is 355 g/mol. The molecule has 0 fully saturated rings. The first-order chi connectivity index (χ1) is 11.3. The molecule has 5 nitrogen and oxygen atoms in total. The molecule has 0 saturated carbocycles. The standard InChI is InChI=1S/C15H10ClF3N4O/c16-10-3-1-8(2-4-10)11-12-9(5-20-13(11)24)6-21-14(23-12)22-7-15(17,18)19/h1-6H,7H2,(H,20,24)(H,21,22,23). The van der Waals surface area contributed by atoms with Crippen molar-refractivity contribution in [1.29, 1.82) is 0 Å². The van der Waals surface area contributed by atoms with Crippen LogP contribution in [0.1, 0.15) is 0 Å². The fraction of sp³-hybridized carbons (Fsp3) is 0.133. The number of fused-ring (bicyclic) bond motifs is 1. The maximum absolute atomic E-state index is 12.3. The van der Waals surface area contributed by atoms with E-state index in [4.69, 9.17) is 11.6 Å². The highest BCUT2D eigenvalue weighted by Crippen LogP contribution is 2.25. The van der Waals surface area contributed by atoms with E-state index >= 15 is 0 Å². The SMILES string of the molecule is O=c1[nH]cc2cnc(NCC(F)(F)F)nc2c1-c1ccc(Cl)cc1. The Hall–Kier alpha value is -2.61. The van der Waals surface area contributed by atoms with Gasteiger partial charge in [0, 0.05) is 22.8 Å². The summed E-state index contributed by atoms with van der Waals surface area (Å²) >= 11 is 5.84. The number of hydrogen-bond donors (Lipinski definition) is 2. The van der Waals surface area contributed by atoms with Gasteiger partial charge in [-0.3, -0.25) is 4.79 Å². The topological polar surface area (TPSA) is 70.7 Å². The molecule has 9 heteroatoms. The number of nitrogens with one attached hydrogen (secondary N) is 2. The lowest BCUT2D eigenvalue weighted by molar-refractivity contribution is -0.115. The predicted octanol–water partition coefficient (Wildman–Crippen LogP) is 3.61. The number of alkyl halides is 3. The van der Waals surface area contributed by atoms with Crippen LogP contribution >= 0.6 is 11.6 Å². The molecular formula is C15H10ClF3N4O. The summed E-state index contributed by atoms with van der Waals surface area (Å²) in [5.74, 6) is -0.208. The molecule has 2 aromatic heterocycles. The summed E-state index contributed by atoms with van der Waals surface area (Å²) in [4.78, 5) is 22.6. The first-order valence-corrected chi connectivity index (χ1v) is 7.16. The third-order valence-corrected chi connectivity index (χ3v) is 3.47. The van der Waals surface area contributed by atoms with Crippen molar-refractivity contribution in [3.8, 4) is 11.1 Å². The Bertz CT molecular complexity index is 938. The molecule has 2 heterocycles. The molecule has 2 N–H and O–H groups in total. The average Bonchev–Trinajstić information content (AvgIpc) is 2.53. The van der Waals surface area contributed by atoms with Gasteiger partial charge in [0.05, 0.1) is 11.1 Å². The minimum atomic E-state index is -4.40. The van der Waals surface area contributed by atoms with Crippen molar-refractivity contribution in [3.63, 3.8) is 0 Å². The monoisotopic (exact) mass is 354 g/mol. The molecule has 0 aliphatic rings. The molecule has 0 saturated heterocycles. The summed E-state index contributed by atoms with van der Waals surface area (Å²) in [6.45, 7) is -1.27. The Labute approximate surface area is 138 Å². The highest BCUT2D eigenvalue weighted by Gasteiger charge is 2.27. The van der Waals surface area contributed by atoms with Crippen molar-refractivity contribution < 1.29 is 13.2 Å². The molecule has 0 atom stereocenters. The van der Waals surface area contributed by atoms with E-state index in [1.807, 2.05) is 0 Å². The summed E-state index contributed by atoms with van der Waals surface area (Å²) in [6.07, 6.45) is -1.65. The van der Waals surface area contributed by atoms with Gasteiger partial charge in [0.1, 0.15) is 6.54 Å². The van der Waals surface area contributed by atoms with Crippen molar-refractivity contribution in [2.75, 3.05) is 11.9 Å². The highest BCUT2D eigenvalue weighted by atomic mass is 35.5. The number of H-pyrrole nitrogens is 1. The number of aromatic nitrogens is 3. The predicted molar refractivity (Wildman–Crippen MR) is 85.1 cm³/mol. The van der Waals surface area contributed by atoms with Crippen LogP contribution < -0.4 is 10.9 Å². The third kappa shape index (κ3) is 3.48. The molecule has 0 unspecified atom stereocenters. The van der Waals surface area contributed by atoms with E-state index in [-0.39, 0.29) is 17.0 Å². The lowest BCUT2D eigenvalue weighted by Crippen LogP contribution is -2.22. The highest BCUT2D eigenvalue weighted by molar-refractivity contribution is 6.30. The molecule has 1 aromatic carbocycles. The van der Waals surface area contributed by atoms with Crippen LogP contribution in [0.15, 0.2) is 41.5 Å². The van der Waals surface area contributed by atoms with Crippen molar-refractivity contribution in [2.45, 2.75) is 6.18 Å². The van der Waals surface area contributed by atoms with E-state index in [0.717, 1.165) is 0 Å². The van der Waals surface area contributed by atoms with Gasteiger partial charge < -0.3 is 10.3 Å². The molecule has 0 amide bonds. The maximum Gasteiger partial charge on any atom is 0.405 e. The normalized spacial score (nSPS) is 11.7. The van der Waals surface area contributed by atoms with Gasteiger partial charge in [-0.05, 0) is 17.7 Å². The Morgan fingerprint density at radius 2 is 1.92 bits per heavy atom. The number of aromatic amines is 1. The van der Waals surface area contributed by atoms with Crippen LogP contribution in [-0.2, 0) is 0 Å². The zero-order chi connectivity index (χ0) is 17.3. The van der Waals surface area contributed by atoms with Crippen LogP contribution in [-0.4, -0.2) is 27.7 Å². The lowest BCUT2D eigenvalue weighted by Gasteiger charge is -2.10. The molecule has 3 rings (SSSR count). The summed E-state index contributed by atoms with van der Waals surface area (Å²) in [5, 5.41) is 3.10. The minimum absolute atomic E-state index is 0.208. The Morgan fingerprint density at radius 3 is 2.58 bits per heavy atom. The van der Waals surface area contributed by atoms with Crippen LogP contribution in [0.25, 0.3) is 22.0 Å². The number of hydrogen-bond acceptors (Lipinski definition) is 4. The zero-order valence-electron chi connectivity index (χ0n) is 12.0. The number of rotatable bonds is 3. The minimum Gasteiger partial charge on any atom is -0.345 e. The van der Waals surface area contributed by atoms with Crippen LogP contribution in [0.2, 0.25) is 5.02 Å². The summed E-state index contributed by atoms with van der Waals surface area (Å²) in [7, 11) is 0. The first kappa shape index (κ1) is 16.3. The number of benzene rings is 1. The smallest absolute Gasteiger partial charge is 0.345 e. The summed E-state index contributed by atoms with van der Waals surface area (Å²) < 4.78 is 36.9. The fourth-order valence-electron chi connectivity index (χ4n) is 2.17. The Morgan fingerprint density at radius 1 is 1.21 bits per heavy atom. The van der Waals surface area contributed by atoms with Crippen molar-refractivity contribution in [2.24, 2.45) is 0 Å². The number of nitrogens with zero attached hydrogens (tertiary/aromatic N) is 2. The molecule has 0 bridgehead atoms. The Kier molecular flexibility index (Phi) is 4.15. The van der Waals surface area contributed by atoms with Gasteiger partial charge in [-0.2, -0.15) is 13.2 Å². The van der Waals surface area contributed by atoms with Crippen LogP contribution in [0.3, 0.4) is 0 Å². The van der Waals surface area contributed by atoms with Gasteiger partial charge in [-0.25, -0.2) is 9.97 Å². The van der Waals surface area contributed by atoms with Crippen molar-refractivity contribution in [1.82, 2.24) is 15.0 Å². The van der Waals surface area contributed by atoms with Gasteiger partial charge in [-0.15, -0.1) is 0 Å². The van der Waals surface area contributed by atoms with E-state index in [9.17, 15) is 18.0 Å². The molecule has 0 radical (unpaired) electrons. The van der Waals surface area contributed by atoms with Crippen LogP contribution in [0.5, 0.6) is 0 Å². The third-order valence-electron chi connectivity index (χ3n) is 3.22. The Balaban J connectivity index is 2.11. The van der Waals surface area contributed by atoms with E-state index in [2.05, 4.69) is 20.3 Å². The molecule has 0 spiro atoms. The number of halogens is 4. The molecule has 0 aliphatic carbocycles. The van der Waals surface area contributed by atoms with Gasteiger partial charge in [0.2, 0.25) is 5.95 Å². The van der Waals surface area contributed by atoms with Crippen LogP contribution in [0.4, 0.5) is 19.1 Å². The van der Waals surface area contributed by atoms with Gasteiger partial charge in [0.25, 0.3) is 5.56 Å². The second kappa shape index (κ2) is 6.12. The lowest BCUT2D eigenvalue weighted by atomic mass is 10.1. The molecule has 124 valence electrons. The zero-order valence-corrected chi connectivity index (χ0v) is 12.7. The molecule has 24 heavy (non-hydrogen) atoms. The summed E-state index contributed by atoms with van der Waals surface area (Å²) in [6, 6.07) is 6.49. The number of anilines is 1. The van der Waals surface area contributed by atoms with E-state index in [1.54, 1.807) is 24.3 Å². The van der Waals surface area contributed by atoms with Crippen molar-refractivity contribution in [3.05, 3.63) is 52.0 Å². The maximum atomic E-state index is 12.3. The molecule has 0 aliphatic heterocycles. The van der Waals surface area contributed by atoms with Gasteiger partial charge in [0.15, 0.2) is 0 Å². The van der Waals surface area contributed by atoms with Crippen molar-refractivity contribution >= 4 is 28.5 Å². The van der Waals surface area contributed by atoms with Gasteiger partial charge in [-0.1, -0.05) is 23.7 Å². The van der Waals surface area contributed by atoms with Crippen LogP contribution in [0, 0.1) is 0 Å². The fourth-order valence-corrected chi connectivity index (χ4v) is 2.29. The first-order valence-electron chi connectivity index (χ1n) is 6.78. The molecule has 3 aromatic rings. The van der Waals surface area contributed by atoms with E-state index < -0.39 is 18.3 Å². The summed E-state index contributed by atoms with van der Waals surface area (Å²) in [5.41, 5.74) is 0.624. The van der Waals surface area contributed by atoms with Gasteiger partial charge >= 0.3 is 6.18 Å². The quantitative estimate of drug-likeness (QED) is 0.753. The van der Waals surface area contributed by atoms with E-state index in [0.29, 0.717) is 16.0 Å². The largest absolute Gasteiger partial charge is 0.405 e. The second-order valence-electron chi connectivity index (χ2n) is 4.97. The number of pyridine rings is 1. The second-order valence-corrected chi connectivity index (χ2v) is 5.40. The molecular weight excluding hydrogens is 345 g/mol.